The van der Waals surface area contributed by atoms with Gasteiger partial charge in [-0.05, 0) is 32.6 Å². The second-order valence-electron chi connectivity index (χ2n) is 5.13. The van der Waals surface area contributed by atoms with Crippen LogP contribution in [0.1, 0.15) is 37.9 Å². The molecule has 1 fully saturated rings. The van der Waals surface area contributed by atoms with Crippen LogP contribution < -0.4 is 5.32 Å². The first-order valence-electron chi connectivity index (χ1n) is 6.56. The van der Waals surface area contributed by atoms with Gasteiger partial charge >= 0.3 is 0 Å². The van der Waals surface area contributed by atoms with Crippen LogP contribution in [0.2, 0.25) is 0 Å². The normalized spacial score (nSPS) is 17.2. The molecule has 1 aliphatic rings. The lowest BCUT2D eigenvalue weighted by Crippen LogP contribution is -2.47. The zero-order valence-corrected chi connectivity index (χ0v) is 10.9. The molecule has 1 amide bonds. The van der Waals surface area contributed by atoms with Gasteiger partial charge in [-0.15, -0.1) is 0 Å². The molecular formula is C13H21N3O2. The van der Waals surface area contributed by atoms with Crippen LogP contribution in [0, 0.1) is 6.92 Å². The van der Waals surface area contributed by atoms with Crippen molar-refractivity contribution in [2.75, 3.05) is 6.54 Å². The van der Waals surface area contributed by atoms with Gasteiger partial charge < -0.3 is 15.0 Å². The number of aliphatic hydroxyl groups is 1. The van der Waals surface area contributed by atoms with Crippen molar-refractivity contribution in [2.45, 2.75) is 51.2 Å². The summed E-state index contributed by atoms with van der Waals surface area (Å²) in [5.74, 6) is 0.993. The van der Waals surface area contributed by atoms with E-state index < -0.39 is 5.60 Å². The SMILES string of the molecule is Cc1nccn1CCCC(=O)NCC1(O)CCC1. The van der Waals surface area contributed by atoms with Crippen LogP contribution in [0.4, 0.5) is 0 Å². The maximum Gasteiger partial charge on any atom is 0.220 e. The molecule has 2 rings (SSSR count). The zero-order chi connectivity index (χ0) is 13.0. The van der Waals surface area contributed by atoms with E-state index >= 15 is 0 Å². The highest BCUT2D eigenvalue weighted by molar-refractivity contribution is 5.75. The summed E-state index contributed by atoms with van der Waals surface area (Å²) in [5.41, 5.74) is -0.628. The number of amides is 1. The Kier molecular flexibility index (Phi) is 4.01. The molecule has 100 valence electrons. The molecule has 0 radical (unpaired) electrons. The largest absolute Gasteiger partial charge is 0.388 e. The number of hydrogen-bond donors (Lipinski definition) is 2. The number of hydrogen-bond acceptors (Lipinski definition) is 3. The molecule has 0 aliphatic heterocycles. The average Bonchev–Trinajstić information content (AvgIpc) is 2.70. The summed E-state index contributed by atoms with van der Waals surface area (Å²) in [6.45, 7) is 3.16. The Morgan fingerprint density at radius 1 is 1.61 bits per heavy atom. The quantitative estimate of drug-likeness (QED) is 0.792. The van der Waals surface area contributed by atoms with E-state index in [0.29, 0.717) is 13.0 Å². The number of carbonyl (C=O) groups is 1. The summed E-state index contributed by atoms with van der Waals surface area (Å²) in [4.78, 5) is 15.7. The lowest BCUT2D eigenvalue weighted by Gasteiger charge is -2.36. The lowest BCUT2D eigenvalue weighted by molar-refractivity contribution is -0.123. The number of nitrogens with zero attached hydrogens (tertiary/aromatic N) is 2. The molecule has 1 aromatic heterocycles. The first-order valence-corrected chi connectivity index (χ1v) is 6.56. The minimum absolute atomic E-state index is 0.0214. The van der Waals surface area contributed by atoms with E-state index in [0.717, 1.165) is 38.1 Å². The fourth-order valence-corrected chi connectivity index (χ4v) is 2.16. The van der Waals surface area contributed by atoms with E-state index in [2.05, 4.69) is 10.3 Å². The standard InChI is InChI=1S/C13H21N3O2/c1-11-14-7-9-16(11)8-2-4-12(17)15-10-13(18)5-3-6-13/h7,9,18H,2-6,8,10H2,1H3,(H,15,17). The van der Waals surface area contributed by atoms with Gasteiger partial charge in [-0.2, -0.15) is 0 Å². The van der Waals surface area contributed by atoms with Crippen LogP contribution in [0.15, 0.2) is 12.4 Å². The third kappa shape index (κ3) is 3.32. The van der Waals surface area contributed by atoms with Gasteiger partial charge in [-0.1, -0.05) is 0 Å². The first kappa shape index (κ1) is 13.1. The molecule has 2 N–H and O–H groups in total. The summed E-state index contributed by atoms with van der Waals surface area (Å²) in [7, 11) is 0. The summed E-state index contributed by atoms with van der Waals surface area (Å²) >= 11 is 0. The third-order valence-electron chi connectivity index (χ3n) is 3.63. The summed E-state index contributed by atoms with van der Waals surface area (Å²) in [6, 6.07) is 0. The predicted molar refractivity (Wildman–Crippen MR) is 68.0 cm³/mol. The fraction of sp³-hybridized carbons (Fsp3) is 0.692. The number of rotatable bonds is 6. The molecule has 0 spiro atoms. The summed E-state index contributed by atoms with van der Waals surface area (Å²) < 4.78 is 2.03. The van der Waals surface area contributed by atoms with Gasteiger partial charge in [0.25, 0.3) is 0 Å². The molecular weight excluding hydrogens is 230 g/mol. The Balaban J connectivity index is 1.61. The molecule has 18 heavy (non-hydrogen) atoms. The van der Waals surface area contributed by atoms with Crippen LogP contribution in [-0.2, 0) is 11.3 Å². The van der Waals surface area contributed by atoms with Gasteiger partial charge in [0.1, 0.15) is 5.82 Å². The van der Waals surface area contributed by atoms with Gasteiger partial charge in [0.2, 0.25) is 5.91 Å². The van der Waals surface area contributed by atoms with Gasteiger partial charge in [0, 0.05) is 31.9 Å². The fourth-order valence-electron chi connectivity index (χ4n) is 2.16. The van der Waals surface area contributed by atoms with Crippen molar-refractivity contribution in [3.8, 4) is 0 Å². The third-order valence-corrected chi connectivity index (χ3v) is 3.63. The molecule has 5 heteroatoms. The van der Waals surface area contributed by atoms with E-state index in [1.54, 1.807) is 6.20 Å². The Morgan fingerprint density at radius 3 is 2.94 bits per heavy atom. The zero-order valence-electron chi connectivity index (χ0n) is 10.9. The highest BCUT2D eigenvalue weighted by Gasteiger charge is 2.34. The molecule has 0 atom stereocenters. The van der Waals surface area contributed by atoms with Crippen LogP contribution in [0.5, 0.6) is 0 Å². The van der Waals surface area contributed by atoms with Gasteiger partial charge in [0.15, 0.2) is 0 Å². The number of imidazole rings is 1. The Labute approximate surface area is 107 Å². The van der Waals surface area contributed by atoms with Gasteiger partial charge in [0.05, 0.1) is 5.60 Å². The molecule has 0 saturated heterocycles. The number of aryl methyl sites for hydroxylation is 2. The molecule has 1 saturated carbocycles. The summed E-state index contributed by atoms with van der Waals surface area (Å²) in [5, 5.41) is 12.6. The van der Waals surface area contributed by atoms with Crippen molar-refractivity contribution in [3.63, 3.8) is 0 Å². The minimum atomic E-state index is -0.628. The molecule has 0 unspecified atom stereocenters. The molecule has 0 bridgehead atoms. The van der Waals surface area contributed by atoms with Crippen molar-refractivity contribution < 1.29 is 9.90 Å². The first-order chi connectivity index (χ1) is 8.59. The molecule has 1 heterocycles. The average molecular weight is 251 g/mol. The van der Waals surface area contributed by atoms with E-state index in [9.17, 15) is 9.90 Å². The molecule has 0 aromatic carbocycles. The van der Waals surface area contributed by atoms with Crippen molar-refractivity contribution in [1.29, 1.82) is 0 Å². The van der Waals surface area contributed by atoms with Crippen molar-refractivity contribution >= 4 is 5.91 Å². The predicted octanol–water partition coefficient (Wildman–Crippen LogP) is 1.00. The van der Waals surface area contributed by atoms with Crippen molar-refractivity contribution in [2.24, 2.45) is 0 Å². The van der Waals surface area contributed by atoms with Crippen LogP contribution in [-0.4, -0.2) is 32.7 Å². The van der Waals surface area contributed by atoms with Crippen LogP contribution >= 0.6 is 0 Å². The maximum absolute atomic E-state index is 11.6. The topological polar surface area (TPSA) is 67.2 Å². The van der Waals surface area contributed by atoms with Crippen molar-refractivity contribution in [1.82, 2.24) is 14.9 Å². The highest BCUT2D eigenvalue weighted by atomic mass is 16.3. The minimum Gasteiger partial charge on any atom is -0.388 e. The van der Waals surface area contributed by atoms with E-state index in [1.165, 1.54) is 0 Å². The van der Waals surface area contributed by atoms with Crippen LogP contribution in [0.3, 0.4) is 0 Å². The van der Waals surface area contributed by atoms with Gasteiger partial charge in [-0.25, -0.2) is 4.98 Å². The highest BCUT2D eigenvalue weighted by Crippen LogP contribution is 2.30. The summed E-state index contributed by atoms with van der Waals surface area (Å²) in [6.07, 6.45) is 7.65. The van der Waals surface area contributed by atoms with E-state index in [4.69, 9.17) is 0 Å². The molecule has 1 aromatic rings. The smallest absolute Gasteiger partial charge is 0.220 e. The Bertz CT molecular complexity index is 410. The molecule has 5 nitrogen and oxygen atoms in total. The van der Waals surface area contributed by atoms with E-state index in [-0.39, 0.29) is 5.91 Å². The lowest BCUT2D eigenvalue weighted by atomic mass is 9.80. The molecule has 1 aliphatic carbocycles. The number of nitrogens with one attached hydrogen (secondary N) is 1. The monoisotopic (exact) mass is 251 g/mol. The van der Waals surface area contributed by atoms with Crippen molar-refractivity contribution in [3.05, 3.63) is 18.2 Å². The second kappa shape index (κ2) is 5.52. The maximum atomic E-state index is 11.6. The number of carbonyl (C=O) groups excluding carboxylic acids is 1. The Morgan fingerprint density at radius 2 is 2.39 bits per heavy atom. The van der Waals surface area contributed by atoms with Gasteiger partial charge in [-0.3, -0.25) is 4.79 Å². The number of aromatic nitrogens is 2. The van der Waals surface area contributed by atoms with Crippen LogP contribution in [0.25, 0.3) is 0 Å². The Hall–Kier alpha value is -1.36. The second-order valence-corrected chi connectivity index (χ2v) is 5.13. The van der Waals surface area contributed by atoms with E-state index in [1.807, 2.05) is 17.7 Å².